The number of carbonyl (C=O) groups excluding carboxylic acids is 1. The van der Waals surface area contributed by atoms with Gasteiger partial charge in [-0.15, -0.1) is 0 Å². The Morgan fingerprint density at radius 1 is 1.37 bits per heavy atom. The molecule has 1 amide bonds. The maximum atomic E-state index is 14.3. The topological polar surface area (TPSA) is 81.6 Å². The van der Waals surface area contributed by atoms with E-state index in [4.69, 9.17) is 26.5 Å². The van der Waals surface area contributed by atoms with Crippen molar-refractivity contribution in [2.24, 2.45) is 0 Å². The van der Waals surface area contributed by atoms with Crippen LogP contribution in [0.3, 0.4) is 0 Å². The van der Waals surface area contributed by atoms with Gasteiger partial charge in [0.15, 0.2) is 11.4 Å². The van der Waals surface area contributed by atoms with E-state index in [9.17, 15) is 13.6 Å². The summed E-state index contributed by atoms with van der Waals surface area (Å²) in [6.07, 6.45) is 5.61. The van der Waals surface area contributed by atoms with Gasteiger partial charge in [-0.25, -0.2) is 13.8 Å². The molecule has 3 aromatic rings. The number of fused-ring (bicyclic) bond motifs is 1. The molecule has 4 rings (SSSR count). The molecular weight excluding hydrogens is 416 g/mol. The predicted octanol–water partition coefficient (Wildman–Crippen LogP) is 4.73. The maximum Gasteiger partial charge on any atom is 0.209 e. The molecule has 0 saturated carbocycles. The van der Waals surface area contributed by atoms with E-state index in [-0.39, 0.29) is 22.2 Å². The van der Waals surface area contributed by atoms with Crippen molar-refractivity contribution in [3.63, 3.8) is 0 Å². The van der Waals surface area contributed by atoms with Crippen LogP contribution in [0.25, 0.3) is 16.5 Å². The second kappa shape index (κ2) is 7.95. The molecule has 1 atom stereocenters. The predicted molar refractivity (Wildman–Crippen MR) is 109 cm³/mol. The molecule has 0 spiro atoms. The maximum absolute atomic E-state index is 14.3. The van der Waals surface area contributed by atoms with Gasteiger partial charge in [-0.1, -0.05) is 17.7 Å². The Hall–Kier alpha value is -3.13. The average molecular weight is 434 g/mol. The van der Waals surface area contributed by atoms with Crippen LogP contribution in [0.5, 0.6) is 5.75 Å². The van der Waals surface area contributed by atoms with E-state index in [1.54, 1.807) is 17.4 Å². The van der Waals surface area contributed by atoms with E-state index in [0.29, 0.717) is 30.5 Å². The number of ether oxygens (including phenoxy) is 1. The van der Waals surface area contributed by atoms with Gasteiger partial charge in [0.2, 0.25) is 12.2 Å². The normalized spacial score (nSPS) is 15.2. The van der Waals surface area contributed by atoms with Crippen LogP contribution in [-0.4, -0.2) is 29.4 Å². The molecule has 0 radical (unpaired) electrons. The van der Waals surface area contributed by atoms with Crippen molar-refractivity contribution >= 4 is 40.4 Å². The molecule has 156 valence electrons. The van der Waals surface area contributed by atoms with Crippen LogP contribution in [0.2, 0.25) is 5.02 Å². The molecule has 0 unspecified atom stereocenters. The smallest absolute Gasteiger partial charge is 0.209 e. The van der Waals surface area contributed by atoms with Crippen LogP contribution < -0.4 is 10.5 Å². The van der Waals surface area contributed by atoms with Gasteiger partial charge in [0.05, 0.1) is 16.7 Å². The van der Waals surface area contributed by atoms with Gasteiger partial charge in [-0.3, -0.25) is 4.79 Å². The molecule has 3 heterocycles. The van der Waals surface area contributed by atoms with Crippen LogP contribution in [-0.2, 0) is 4.79 Å². The van der Waals surface area contributed by atoms with Crippen LogP contribution in [0.1, 0.15) is 30.6 Å². The molecule has 0 fully saturated rings. The summed E-state index contributed by atoms with van der Waals surface area (Å²) in [5, 5.41) is 0.316. The third-order valence-electron chi connectivity index (χ3n) is 5.12. The summed E-state index contributed by atoms with van der Waals surface area (Å²) < 4.78 is 39.6. The van der Waals surface area contributed by atoms with Crippen molar-refractivity contribution in [3.8, 4) is 5.75 Å². The van der Waals surface area contributed by atoms with Crippen molar-refractivity contribution in [3.05, 3.63) is 58.5 Å². The van der Waals surface area contributed by atoms with Gasteiger partial charge in [0.25, 0.3) is 0 Å². The Kier molecular flexibility index (Phi) is 5.34. The number of rotatable bonds is 5. The van der Waals surface area contributed by atoms with Gasteiger partial charge in [-0.2, -0.15) is 0 Å². The van der Waals surface area contributed by atoms with E-state index in [0.717, 1.165) is 29.7 Å². The molecule has 9 heteroatoms. The lowest BCUT2D eigenvalue weighted by Crippen LogP contribution is -2.26. The quantitative estimate of drug-likeness (QED) is 0.464. The Morgan fingerprint density at radius 3 is 2.83 bits per heavy atom. The van der Waals surface area contributed by atoms with Gasteiger partial charge in [0.1, 0.15) is 17.7 Å². The molecule has 2 N–H and O–H groups in total. The number of pyridine rings is 1. The van der Waals surface area contributed by atoms with Crippen LogP contribution in [0.4, 0.5) is 14.6 Å². The van der Waals surface area contributed by atoms with Gasteiger partial charge in [0, 0.05) is 30.4 Å². The number of amides is 1. The van der Waals surface area contributed by atoms with Gasteiger partial charge < -0.3 is 19.8 Å². The second-order valence-electron chi connectivity index (χ2n) is 6.96. The number of furan rings is 1. The van der Waals surface area contributed by atoms with E-state index < -0.39 is 17.7 Å². The first-order valence-corrected chi connectivity index (χ1v) is 9.63. The summed E-state index contributed by atoms with van der Waals surface area (Å²) in [6.45, 7) is 2.64. The number of aromatic nitrogens is 1. The number of benzene rings is 1. The summed E-state index contributed by atoms with van der Waals surface area (Å²) in [7, 11) is 0. The highest BCUT2D eigenvalue weighted by molar-refractivity contribution is 6.31. The highest BCUT2D eigenvalue weighted by Gasteiger charge is 2.24. The SMILES string of the molecule is C[C@@H](Oc1c(N)ncc2c(C3=CCN(C=O)CC3)coc12)c1c(F)ccc(F)c1Cl. The van der Waals surface area contributed by atoms with E-state index in [2.05, 4.69) is 4.98 Å². The number of hydrogen-bond acceptors (Lipinski definition) is 5. The highest BCUT2D eigenvalue weighted by Crippen LogP contribution is 2.40. The number of nitrogens with zero attached hydrogens (tertiary/aromatic N) is 2. The molecule has 1 aliphatic rings. The molecule has 1 aromatic carbocycles. The minimum atomic E-state index is -0.952. The molecule has 0 bridgehead atoms. The highest BCUT2D eigenvalue weighted by atomic mass is 35.5. The Morgan fingerprint density at radius 2 is 2.13 bits per heavy atom. The Balaban J connectivity index is 1.71. The van der Waals surface area contributed by atoms with Gasteiger partial charge >= 0.3 is 0 Å². The van der Waals surface area contributed by atoms with Crippen molar-refractivity contribution < 1.29 is 22.7 Å². The number of nitrogen functional groups attached to an aromatic ring is 1. The monoisotopic (exact) mass is 433 g/mol. The molecule has 0 aliphatic carbocycles. The van der Waals surface area contributed by atoms with Crippen molar-refractivity contribution in [1.29, 1.82) is 0 Å². The molecule has 2 aromatic heterocycles. The minimum Gasteiger partial charge on any atom is -0.478 e. The molecule has 0 saturated heterocycles. The lowest BCUT2D eigenvalue weighted by molar-refractivity contribution is -0.117. The fourth-order valence-electron chi connectivity index (χ4n) is 3.52. The largest absolute Gasteiger partial charge is 0.478 e. The number of carbonyl (C=O) groups is 1. The lowest BCUT2D eigenvalue weighted by atomic mass is 10.00. The van der Waals surface area contributed by atoms with Crippen molar-refractivity contribution in [1.82, 2.24) is 9.88 Å². The number of halogens is 3. The lowest BCUT2D eigenvalue weighted by Gasteiger charge is -2.22. The fraction of sp³-hybridized carbons (Fsp3) is 0.238. The summed E-state index contributed by atoms with van der Waals surface area (Å²) in [4.78, 5) is 16.7. The molecule has 30 heavy (non-hydrogen) atoms. The van der Waals surface area contributed by atoms with Crippen LogP contribution in [0, 0.1) is 11.6 Å². The number of nitrogens with two attached hydrogens (primary N) is 1. The molecule has 6 nitrogen and oxygen atoms in total. The summed E-state index contributed by atoms with van der Waals surface area (Å²) in [6, 6.07) is 1.94. The third kappa shape index (κ3) is 3.47. The average Bonchev–Trinajstić information content (AvgIpc) is 3.17. The zero-order valence-corrected chi connectivity index (χ0v) is 16.7. The zero-order valence-electron chi connectivity index (χ0n) is 16.0. The first-order valence-electron chi connectivity index (χ1n) is 9.25. The minimum absolute atomic E-state index is 0.0490. The van der Waals surface area contributed by atoms with E-state index in [1.807, 2.05) is 6.08 Å². The number of hydrogen-bond donors (Lipinski definition) is 1. The summed E-state index contributed by atoms with van der Waals surface area (Å²) in [5.74, 6) is -1.27. The first-order chi connectivity index (χ1) is 14.4. The molecular formula is C21H18ClF2N3O3. The Bertz CT molecular complexity index is 1160. The third-order valence-corrected chi connectivity index (χ3v) is 5.50. The Labute approximate surface area is 175 Å². The molecule has 1 aliphatic heterocycles. The van der Waals surface area contributed by atoms with Crippen LogP contribution >= 0.6 is 11.6 Å². The van der Waals surface area contributed by atoms with Crippen LogP contribution in [0.15, 0.2) is 35.1 Å². The van der Waals surface area contributed by atoms with Crippen molar-refractivity contribution in [2.45, 2.75) is 19.4 Å². The first kappa shape index (κ1) is 20.2. The standard InChI is InChI=1S/C21H18ClF2N3O3/c1-11(17-15(23)2-3-16(24)18(17)22)30-20-19-13(8-26-21(20)25)14(9-29-19)12-4-6-27(10-28)7-5-12/h2-4,8-11H,5-7H2,1H3,(H2,25,26)/t11-/m1/s1. The van der Waals surface area contributed by atoms with E-state index in [1.165, 1.54) is 6.92 Å². The van der Waals surface area contributed by atoms with Gasteiger partial charge in [-0.05, 0) is 31.1 Å². The summed E-state index contributed by atoms with van der Waals surface area (Å²) in [5.41, 5.74) is 8.03. The second-order valence-corrected chi connectivity index (χ2v) is 7.34. The number of anilines is 1. The van der Waals surface area contributed by atoms with E-state index >= 15 is 0 Å². The fourth-order valence-corrected chi connectivity index (χ4v) is 3.83. The zero-order chi connectivity index (χ0) is 21.4. The summed E-state index contributed by atoms with van der Waals surface area (Å²) >= 11 is 5.95. The van der Waals surface area contributed by atoms with Crippen molar-refractivity contribution in [2.75, 3.05) is 18.8 Å².